The first kappa shape index (κ1) is 27.5. The van der Waals surface area contributed by atoms with Crippen LogP contribution in [0.1, 0.15) is 48.9 Å². The van der Waals surface area contributed by atoms with Gasteiger partial charge in [0, 0.05) is 41.7 Å². The maximum absolute atomic E-state index is 13.7. The number of hydrogen-bond donors (Lipinski definition) is 3. The highest BCUT2D eigenvalue weighted by Crippen LogP contribution is 2.29. The number of pyridine rings is 1. The van der Waals surface area contributed by atoms with Crippen molar-refractivity contribution in [2.75, 3.05) is 18.4 Å². The number of aliphatic carboxylic acids is 1. The number of halogens is 2. The summed E-state index contributed by atoms with van der Waals surface area (Å²) < 4.78 is 14.2. The van der Waals surface area contributed by atoms with Gasteiger partial charge in [-0.3, -0.25) is 24.3 Å². The summed E-state index contributed by atoms with van der Waals surface area (Å²) in [6.07, 6.45) is 5.82. The Balaban J connectivity index is 1.61. The molecule has 2 heterocycles. The Labute approximate surface area is 227 Å². The van der Waals surface area contributed by atoms with Gasteiger partial charge in [-0.2, -0.15) is 0 Å². The number of nitrogens with one attached hydrogen (secondary N) is 2. The van der Waals surface area contributed by atoms with Crippen molar-refractivity contribution in [1.29, 1.82) is 0 Å². The zero-order valence-corrected chi connectivity index (χ0v) is 22.2. The minimum Gasteiger partial charge on any atom is -0.481 e. The molecule has 4 amide bonds. The first-order chi connectivity index (χ1) is 18.2. The fraction of sp³-hybridized carbons (Fsp3) is 0.423. The summed E-state index contributed by atoms with van der Waals surface area (Å²) in [4.78, 5) is 58.5. The second-order valence-electron chi connectivity index (χ2n) is 9.51. The van der Waals surface area contributed by atoms with Gasteiger partial charge in [-0.25, -0.2) is 9.18 Å². The third-order valence-corrected chi connectivity index (χ3v) is 7.33. The number of aromatic nitrogens is 1. The summed E-state index contributed by atoms with van der Waals surface area (Å²) in [5, 5.41) is 14.9. The SMILES string of the molecule is O=C(O)CC(NC(=O)C1N(C(=O)Nc2cccc(F)c2)CCN1C(=O)c1cncc(Br)c1)C1CCCCC1. The number of carbonyl (C=O) groups excluding carboxylic acids is 3. The van der Waals surface area contributed by atoms with E-state index in [0.717, 1.165) is 38.2 Å². The number of carboxylic acids is 1. The van der Waals surface area contributed by atoms with E-state index in [2.05, 4.69) is 31.5 Å². The van der Waals surface area contributed by atoms with Crippen molar-refractivity contribution in [3.8, 4) is 0 Å². The molecule has 2 fully saturated rings. The first-order valence-corrected chi connectivity index (χ1v) is 13.3. The molecular formula is C26H29BrFN5O5. The van der Waals surface area contributed by atoms with Crippen LogP contribution in [0, 0.1) is 11.7 Å². The van der Waals surface area contributed by atoms with Crippen LogP contribution in [0.15, 0.2) is 47.2 Å². The van der Waals surface area contributed by atoms with E-state index in [4.69, 9.17) is 0 Å². The summed E-state index contributed by atoms with van der Waals surface area (Å²) in [5.74, 6) is -2.75. The molecule has 1 saturated heterocycles. The monoisotopic (exact) mass is 589 g/mol. The molecule has 1 aromatic carbocycles. The summed E-state index contributed by atoms with van der Waals surface area (Å²) in [7, 11) is 0. The van der Waals surface area contributed by atoms with E-state index in [0.29, 0.717) is 4.47 Å². The van der Waals surface area contributed by atoms with Crippen LogP contribution in [-0.4, -0.2) is 69.0 Å². The molecule has 0 spiro atoms. The maximum atomic E-state index is 13.7. The van der Waals surface area contributed by atoms with Crippen LogP contribution in [-0.2, 0) is 9.59 Å². The summed E-state index contributed by atoms with van der Waals surface area (Å²) >= 11 is 3.29. The van der Waals surface area contributed by atoms with Crippen molar-refractivity contribution in [2.24, 2.45) is 5.92 Å². The third kappa shape index (κ3) is 6.66. The number of rotatable bonds is 7. The third-order valence-electron chi connectivity index (χ3n) is 6.90. The molecule has 38 heavy (non-hydrogen) atoms. The topological polar surface area (TPSA) is 132 Å². The molecule has 2 aromatic rings. The van der Waals surface area contributed by atoms with Gasteiger partial charge in [0.05, 0.1) is 12.0 Å². The zero-order valence-electron chi connectivity index (χ0n) is 20.6. The van der Waals surface area contributed by atoms with Gasteiger partial charge in [-0.15, -0.1) is 0 Å². The number of carboxylic acid groups (broad SMARTS) is 1. The van der Waals surface area contributed by atoms with Crippen LogP contribution in [0.2, 0.25) is 0 Å². The molecule has 1 aliphatic carbocycles. The number of benzene rings is 1. The largest absolute Gasteiger partial charge is 0.481 e. The Morgan fingerprint density at radius 3 is 2.50 bits per heavy atom. The molecule has 2 unspecified atom stereocenters. The lowest BCUT2D eigenvalue weighted by atomic mass is 9.82. The highest BCUT2D eigenvalue weighted by Gasteiger charge is 2.44. The molecule has 12 heteroatoms. The van der Waals surface area contributed by atoms with E-state index in [1.165, 1.54) is 40.4 Å². The molecule has 1 aliphatic heterocycles. The molecule has 2 aliphatic rings. The highest BCUT2D eigenvalue weighted by molar-refractivity contribution is 9.10. The summed E-state index contributed by atoms with van der Waals surface area (Å²) in [6.45, 7) is 0.104. The van der Waals surface area contributed by atoms with Crippen molar-refractivity contribution >= 4 is 45.4 Å². The molecule has 1 saturated carbocycles. The van der Waals surface area contributed by atoms with E-state index in [1.54, 1.807) is 6.07 Å². The van der Waals surface area contributed by atoms with Crippen LogP contribution in [0.4, 0.5) is 14.9 Å². The number of hydrogen-bond acceptors (Lipinski definition) is 5. The predicted octanol–water partition coefficient (Wildman–Crippen LogP) is 3.84. The Hall–Kier alpha value is -3.54. The predicted molar refractivity (Wildman–Crippen MR) is 140 cm³/mol. The van der Waals surface area contributed by atoms with Crippen molar-refractivity contribution < 1.29 is 28.7 Å². The van der Waals surface area contributed by atoms with E-state index >= 15 is 0 Å². The average molecular weight is 590 g/mol. The smallest absolute Gasteiger partial charge is 0.323 e. The lowest BCUT2D eigenvalue weighted by molar-refractivity contribution is -0.138. The maximum Gasteiger partial charge on any atom is 0.323 e. The molecule has 0 radical (unpaired) electrons. The van der Waals surface area contributed by atoms with E-state index in [1.807, 2.05) is 0 Å². The molecular weight excluding hydrogens is 561 g/mol. The molecule has 202 valence electrons. The first-order valence-electron chi connectivity index (χ1n) is 12.5. The van der Waals surface area contributed by atoms with Crippen molar-refractivity contribution in [1.82, 2.24) is 20.1 Å². The van der Waals surface area contributed by atoms with Crippen LogP contribution in [0.25, 0.3) is 0 Å². The molecule has 3 N–H and O–H groups in total. The standard InChI is InChI=1S/C26H29BrFN5O5/c27-18-11-17(14-29-15-18)25(37)32-9-10-33(26(38)30-20-8-4-7-19(28)12-20)24(32)23(36)31-21(13-22(34)35)16-5-2-1-3-6-16/h4,7-8,11-12,14-16,21,24H,1-3,5-6,9-10,13H2,(H,30,38)(H,31,36)(H,34,35). The van der Waals surface area contributed by atoms with Gasteiger partial charge in [0.25, 0.3) is 11.8 Å². The number of nitrogens with zero attached hydrogens (tertiary/aromatic N) is 3. The molecule has 2 atom stereocenters. The van der Waals surface area contributed by atoms with Crippen LogP contribution in [0.3, 0.4) is 0 Å². The minimum absolute atomic E-state index is 0.0156. The van der Waals surface area contributed by atoms with E-state index in [-0.39, 0.29) is 36.7 Å². The van der Waals surface area contributed by atoms with E-state index in [9.17, 15) is 28.7 Å². The Morgan fingerprint density at radius 1 is 1.08 bits per heavy atom. The Bertz CT molecular complexity index is 1210. The zero-order chi connectivity index (χ0) is 27.2. The second-order valence-corrected chi connectivity index (χ2v) is 10.4. The van der Waals surface area contributed by atoms with Gasteiger partial charge >= 0.3 is 12.0 Å². The quantitative estimate of drug-likeness (QED) is 0.449. The number of amides is 4. The fourth-order valence-electron chi connectivity index (χ4n) is 5.11. The molecule has 0 bridgehead atoms. The normalized spacial score (nSPS) is 18.6. The fourth-order valence-corrected chi connectivity index (χ4v) is 5.48. The van der Waals surface area contributed by atoms with Gasteiger partial charge < -0.3 is 20.6 Å². The van der Waals surface area contributed by atoms with Crippen molar-refractivity contribution in [2.45, 2.75) is 50.7 Å². The van der Waals surface area contributed by atoms with Crippen molar-refractivity contribution in [3.05, 3.63) is 58.6 Å². The lowest BCUT2D eigenvalue weighted by Crippen LogP contribution is -2.57. The Kier molecular flexibility index (Phi) is 8.93. The number of anilines is 1. The van der Waals surface area contributed by atoms with Gasteiger partial charge in [-0.1, -0.05) is 25.3 Å². The van der Waals surface area contributed by atoms with Gasteiger partial charge in [0.15, 0.2) is 6.17 Å². The van der Waals surface area contributed by atoms with Crippen LogP contribution < -0.4 is 10.6 Å². The number of urea groups is 1. The molecule has 4 rings (SSSR count). The Morgan fingerprint density at radius 2 is 1.82 bits per heavy atom. The minimum atomic E-state index is -1.34. The van der Waals surface area contributed by atoms with Gasteiger partial charge in [-0.05, 0) is 59.0 Å². The average Bonchev–Trinajstić information content (AvgIpc) is 3.34. The van der Waals surface area contributed by atoms with E-state index < -0.39 is 41.8 Å². The van der Waals surface area contributed by atoms with Gasteiger partial charge in [0.2, 0.25) is 0 Å². The van der Waals surface area contributed by atoms with Crippen molar-refractivity contribution in [3.63, 3.8) is 0 Å². The van der Waals surface area contributed by atoms with Crippen LogP contribution >= 0.6 is 15.9 Å². The van der Waals surface area contributed by atoms with Gasteiger partial charge in [0.1, 0.15) is 5.82 Å². The van der Waals surface area contributed by atoms with Crippen LogP contribution in [0.5, 0.6) is 0 Å². The molecule has 10 nitrogen and oxygen atoms in total. The second kappa shape index (κ2) is 12.3. The molecule has 1 aromatic heterocycles. The number of carbonyl (C=O) groups is 4. The lowest BCUT2D eigenvalue weighted by Gasteiger charge is -2.34. The highest BCUT2D eigenvalue weighted by atomic mass is 79.9. The summed E-state index contributed by atoms with van der Waals surface area (Å²) in [5.41, 5.74) is 0.417. The summed E-state index contributed by atoms with van der Waals surface area (Å²) in [6, 6.07) is 5.57.